The van der Waals surface area contributed by atoms with Crippen LogP contribution in [0.15, 0.2) is 77.4 Å². The molecule has 2 aromatic carbocycles. The van der Waals surface area contributed by atoms with Gasteiger partial charge in [-0.25, -0.2) is 0 Å². The van der Waals surface area contributed by atoms with Gasteiger partial charge in [0.15, 0.2) is 5.76 Å². The highest BCUT2D eigenvalue weighted by atomic mass is 16.5. The van der Waals surface area contributed by atoms with Crippen molar-refractivity contribution in [3.05, 3.63) is 89.9 Å². The Labute approximate surface area is 215 Å². The van der Waals surface area contributed by atoms with E-state index >= 15 is 0 Å². The molecule has 0 saturated carbocycles. The van der Waals surface area contributed by atoms with Crippen LogP contribution in [-0.2, 0) is 20.9 Å². The highest BCUT2D eigenvalue weighted by Crippen LogP contribution is 2.27. The number of methoxy groups -OCH3 is 1. The Morgan fingerprint density at radius 2 is 1.81 bits per heavy atom. The predicted octanol–water partition coefficient (Wildman–Crippen LogP) is 3.08. The molecule has 2 heterocycles. The summed E-state index contributed by atoms with van der Waals surface area (Å²) in [4.78, 5) is 41.1. The van der Waals surface area contributed by atoms with Gasteiger partial charge in [-0.2, -0.15) is 0 Å². The van der Waals surface area contributed by atoms with E-state index in [1.54, 1.807) is 31.4 Å². The lowest BCUT2D eigenvalue weighted by Crippen LogP contribution is -2.48. The SMILES string of the molecule is COc1ccccc1CN(C(=O)CNC(=O)c1ccco1)[C@@H](C(=O)NC[C@@H]1CCCO1)c1ccccc1. The van der Waals surface area contributed by atoms with Gasteiger partial charge in [0.25, 0.3) is 5.91 Å². The van der Waals surface area contributed by atoms with Crippen molar-refractivity contribution in [1.82, 2.24) is 15.5 Å². The molecular formula is C28H31N3O6. The average Bonchev–Trinajstić information content (AvgIpc) is 3.66. The Morgan fingerprint density at radius 1 is 1.03 bits per heavy atom. The van der Waals surface area contributed by atoms with Crippen LogP contribution in [0.1, 0.15) is 40.6 Å². The highest BCUT2D eigenvalue weighted by molar-refractivity contribution is 5.95. The van der Waals surface area contributed by atoms with E-state index in [0.29, 0.717) is 24.5 Å². The number of benzene rings is 2. The molecule has 4 rings (SSSR count). The number of carbonyl (C=O) groups is 3. The van der Waals surface area contributed by atoms with Crippen molar-refractivity contribution >= 4 is 17.7 Å². The summed E-state index contributed by atoms with van der Waals surface area (Å²) < 4.78 is 16.3. The number of nitrogens with one attached hydrogen (secondary N) is 2. The number of hydrogen-bond donors (Lipinski definition) is 2. The van der Waals surface area contributed by atoms with Crippen LogP contribution in [0.25, 0.3) is 0 Å². The van der Waals surface area contributed by atoms with E-state index in [9.17, 15) is 14.4 Å². The van der Waals surface area contributed by atoms with Crippen LogP contribution in [0, 0.1) is 0 Å². The standard InChI is InChI=1S/C28H31N3O6/c1-35-23-13-6-5-11-21(23)19-31(25(32)18-30-27(33)24-14-8-16-37-24)26(20-9-3-2-4-10-20)28(34)29-17-22-12-7-15-36-22/h2-6,8-11,13-14,16,22,26H,7,12,15,17-19H2,1H3,(H,29,34)(H,30,33)/t22-,26+/m0/s1. The number of hydrogen-bond acceptors (Lipinski definition) is 6. The van der Waals surface area contributed by atoms with Crippen molar-refractivity contribution in [2.75, 3.05) is 26.8 Å². The lowest BCUT2D eigenvalue weighted by Gasteiger charge is -2.32. The lowest BCUT2D eigenvalue weighted by molar-refractivity contribution is -0.141. The van der Waals surface area contributed by atoms with Gasteiger partial charge in [0, 0.05) is 18.7 Å². The van der Waals surface area contributed by atoms with Crippen molar-refractivity contribution in [3.8, 4) is 5.75 Å². The first-order chi connectivity index (χ1) is 18.1. The Balaban J connectivity index is 1.62. The van der Waals surface area contributed by atoms with Gasteiger partial charge in [-0.1, -0.05) is 48.5 Å². The largest absolute Gasteiger partial charge is 0.496 e. The van der Waals surface area contributed by atoms with Gasteiger partial charge in [-0.05, 0) is 36.6 Å². The van der Waals surface area contributed by atoms with Gasteiger partial charge in [-0.15, -0.1) is 0 Å². The molecule has 3 amide bonds. The minimum absolute atomic E-state index is 0.0497. The molecule has 0 unspecified atom stereocenters. The van der Waals surface area contributed by atoms with E-state index in [4.69, 9.17) is 13.9 Å². The van der Waals surface area contributed by atoms with Gasteiger partial charge in [0.05, 0.1) is 32.6 Å². The Hall–Kier alpha value is -4.11. The molecule has 3 aromatic rings. The van der Waals surface area contributed by atoms with Crippen LogP contribution >= 0.6 is 0 Å². The number of carbonyl (C=O) groups excluding carboxylic acids is 3. The number of furan rings is 1. The Morgan fingerprint density at radius 3 is 2.51 bits per heavy atom. The second-order valence-corrected chi connectivity index (χ2v) is 8.69. The summed E-state index contributed by atoms with van der Waals surface area (Å²) in [5.41, 5.74) is 1.37. The van der Waals surface area contributed by atoms with E-state index in [2.05, 4.69) is 10.6 Å². The average molecular weight is 506 g/mol. The molecule has 1 fully saturated rings. The minimum Gasteiger partial charge on any atom is -0.496 e. The summed E-state index contributed by atoms with van der Waals surface area (Å²) in [6.45, 7) is 0.800. The number of amides is 3. The molecule has 1 aliphatic rings. The first-order valence-corrected chi connectivity index (χ1v) is 12.2. The normalized spacial score (nSPS) is 15.5. The van der Waals surface area contributed by atoms with Crippen LogP contribution in [0.5, 0.6) is 5.75 Å². The van der Waals surface area contributed by atoms with Crippen LogP contribution in [-0.4, -0.2) is 55.5 Å². The third-order valence-corrected chi connectivity index (χ3v) is 6.20. The molecule has 194 valence electrons. The van der Waals surface area contributed by atoms with E-state index in [0.717, 1.165) is 18.4 Å². The van der Waals surface area contributed by atoms with Crippen LogP contribution in [0.3, 0.4) is 0 Å². The molecule has 0 spiro atoms. The van der Waals surface area contributed by atoms with Crippen LogP contribution < -0.4 is 15.4 Å². The molecular weight excluding hydrogens is 474 g/mol. The fraction of sp³-hybridized carbons (Fsp3) is 0.321. The van der Waals surface area contributed by atoms with Crippen molar-refractivity contribution < 1.29 is 28.3 Å². The Kier molecular flexibility index (Phi) is 8.93. The molecule has 9 nitrogen and oxygen atoms in total. The molecule has 1 aliphatic heterocycles. The van der Waals surface area contributed by atoms with Crippen molar-refractivity contribution in [2.45, 2.75) is 31.5 Å². The molecule has 0 radical (unpaired) electrons. The fourth-order valence-electron chi connectivity index (χ4n) is 4.32. The Bertz CT molecular complexity index is 1180. The lowest BCUT2D eigenvalue weighted by atomic mass is 10.0. The number of rotatable bonds is 11. The second kappa shape index (κ2) is 12.7. The quantitative estimate of drug-likeness (QED) is 0.415. The summed E-state index contributed by atoms with van der Waals surface area (Å²) in [5, 5.41) is 5.56. The predicted molar refractivity (Wildman–Crippen MR) is 136 cm³/mol. The number of para-hydroxylation sites is 1. The van der Waals surface area contributed by atoms with Gasteiger partial charge in [0.2, 0.25) is 11.8 Å². The van der Waals surface area contributed by atoms with E-state index in [1.807, 2.05) is 36.4 Å². The van der Waals surface area contributed by atoms with Crippen LogP contribution in [0.4, 0.5) is 0 Å². The summed E-state index contributed by atoms with van der Waals surface area (Å²) in [6, 6.07) is 18.6. The third-order valence-electron chi connectivity index (χ3n) is 6.20. The van der Waals surface area contributed by atoms with Gasteiger partial charge in [0.1, 0.15) is 11.8 Å². The number of nitrogens with zero attached hydrogens (tertiary/aromatic N) is 1. The van der Waals surface area contributed by atoms with E-state index in [1.165, 1.54) is 17.2 Å². The first kappa shape index (κ1) is 26.0. The maximum Gasteiger partial charge on any atom is 0.287 e. The van der Waals surface area contributed by atoms with E-state index in [-0.39, 0.29) is 30.9 Å². The molecule has 37 heavy (non-hydrogen) atoms. The van der Waals surface area contributed by atoms with E-state index < -0.39 is 17.9 Å². The molecule has 2 N–H and O–H groups in total. The second-order valence-electron chi connectivity index (χ2n) is 8.69. The number of ether oxygens (including phenoxy) is 2. The summed E-state index contributed by atoms with van der Waals surface area (Å²) in [7, 11) is 1.55. The zero-order valence-electron chi connectivity index (χ0n) is 20.7. The van der Waals surface area contributed by atoms with Crippen molar-refractivity contribution in [3.63, 3.8) is 0 Å². The van der Waals surface area contributed by atoms with Gasteiger partial charge in [-0.3, -0.25) is 14.4 Å². The van der Waals surface area contributed by atoms with Crippen molar-refractivity contribution in [2.24, 2.45) is 0 Å². The third kappa shape index (κ3) is 6.77. The molecule has 9 heteroatoms. The first-order valence-electron chi connectivity index (χ1n) is 12.2. The monoisotopic (exact) mass is 505 g/mol. The summed E-state index contributed by atoms with van der Waals surface area (Å²) in [6.07, 6.45) is 3.16. The fourth-order valence-corrected chi connectivity index (χ4v) is 4.32. The molecule has 1 saturated heterocycles. The minimum atomic E-state index is -0.944. The van der Waals surface area contributed by atoms with Crippen molar-refractivity contribution in [1.29, 1.82) is 0 Å². The smallest absolute Gasteiger partial charge is 0.287 e. The van der Waals surface area contributed by atoms with Gasteiger partial charge >= 0.3 is 0 Å². The zero-order valence-corrected chi connectivity index (χ0v) is 20.7. The maximum atomic E-state index is 13.6. The molecule has 0 aliphatic carbocycles. The van der Waals surface area contributed by atoms with Crippen LogP contribution in [0.2, 0.25) is 0 Å². The molecule has 0 bridgehead atoms. The molecule has 2 atom stereocenters. The maximum absolute atomic E-state index is 13.6. The summed E-state index contributed by atoms with van der Waals surface area (Å²) >= 11 is 0. The molecule has 1 aromatic heterocycles. The zero-order chi connectivity index (χ0) is 26.0. The van der Waals surface area contributed by atoms with Gasteiger partial charge < -0.3 is 29.4 Å². The summed E-state index contributed by atoms with van der Waals surface area (Å²) in [5.74, 6) is -0.603. The highest BCUT2D eigenvalue weighted by Gasteiger charge is 2.33. The topological polar surface area (TPSA) is 110 Å².